The molecule has 0 aromatic rings. The third-order valence-corrected chi connectivity index (χ3v) is 11.1. The van der Waals surface area contributed by atoms with Crippen molar-refractivity contribution in [2.24, 2.45) is 17.3 Å². The molecule has 1 spiro atoms. The molecule has 2 rings (SSSR count). The average Bonchev–Trinajstić information content (AvgIpc) is 3.37. The van der Waals surface area contributed by atoms with Crippen molar-refractivity contribution in [2.45, 2.75) is 200 Å². The Hall–Kier alpha value is -1.14. The van der Waals surface area contributed by atoms with Crippen LogP contribution in [0.15, 0.2) is 0 Å². The molecular formula is C40H75NO5. The maximum Gasteiger partial charge on any atom is 0.309 e. The van der Waals surface area contributed by atoms with Crippen molar-refractivity contribution in [3.05, 3.63) is 0 Å². The number of aliphatic hydroxyl groups excluding tert-OH is 1. The molecule has 6 heteroatoms. The zero-order chi connectivity index (χ0) is 33.5. The van der Waals surface area contributed by atoms with E-state index in [1.807, 2.05) is 0 Å². The summed E-state index contributed by atoms with van der Waals surface area (Å²) in [7, 11) is 0. The van der Waals surface area contributed by atoms with E-state index in [1.54, 1.807) is 0 Å². The number of carbonyl (C=O) groups is 2. The van der Waals surface area contributed by atoms with Gasteiger partial charge in [0.25, 0.3) is 0 Å². The molecule has 2 unspecified atom stereocenters. The fraction of sp³-hybridized carbons (Fsp3) is 0.950. The van der Waals surface area contributed by atoms with Crippen molar-refractivity contribution in [2.75, 3.05) is 26.2 Å². The molecule has 1 N–H and O–H groups in total. The molecular weight excluding hydrogens is 574 g/mol. The molecule has 1 saturated carbocycles. The summed E-state index contributed by atoms with van der Waals surface area (Å²) in [6.07, 6.45) is 26.5. The second kappa shape index (κ2) is 24.9. The van der Waals surface area contributed by atoms with E-state index in [4.69, 9.17) is 9.47 Å². The van der Waals surface area contributed by atoms with Gasteiger partial charge < -0.3 is 19.5 Å². The smallest absolute Gasteiger partial charge is 0.309 e. The van der Waals surface area contributed by atoms with Crippen molar-refractivity contribution < 1.29 is 24.2 Å². The zero-order valence-corrected chi connectivity index (χ0v) is 30.8. The van der Waals surface area contributed by atoms with Crippen LogP contribution in [-0.2, 0) is 19.1 Å². The molecule has 0 aromatic heterocycles. The van der Waals surface area contributed by atoms with Gasteiger partial charge in [0, 0.05) is 6.61 Å². The number of ether oxygens (including phenoxy) is 2. The number of hydrogen-bond donors (Lipinski definition) is 1. The van der Waals surface area contributed by atoms with Gasteiger partial charge in [0.15, 0.2) is 0 Å². The van der Waals surface area contributed by atoms with Crippen LogP contribution in [0.25, 0.3) is 0 Å². The number of piperidine rings is 1. The lowest BCUT2D eigenvalue weighted by Gasteiger charge is -2.39. The summed E-state index contributed by atoms with van der Waals surface area (Å²) >= 11 is 0. The highest BCUT2D eigenvalue weighted by Crippen LogP contribution is 2.49. The van der Waals surface area contributed by atoms with Crippen LogP contribution in [0.1, 0.15) is 188 Å². The van der Waals surface area contributed by atoms with E-state index in [2.05, 4.69) is 32.6 Å². The Kier molecular flexibility index (Phi) is 22.2. The van der Waals surface area contributed by atoms with Gasteiger partial charge in [-0.05, 0) is 89.3 Å². The van der Waals surface area contributed by atoms with E-state index >= 15 is 0 Å². The molecule has 0 amide bonds. The minimum atomic E-state index is -0.332. The lowest BCUT2D eigenvalue weighted by molar-refractivity contribution is -0.171. The van der Waals surface area contributed by atoms with E-state index in [0.29, 0.717) is 0 Å². The first kappa shape index (κ1) is 41.0. The summed E-state index contributed by atoms with van der Waals surface area (Å²) in [4.78, 5) is 29.9. The van der Waals surface area contributed by atoms with Crippen LogP contribution >= 0.6 is 0 Å². The molecule has 0 bridgehead atoms. The molecule has 1 aliphatic carbocycles. The van der Waals surface area contributed by atoms with Gasteiger partial charge in [-0.1, -0.05) is 124 Å². The van der Waals surface area contributed by atoms with Crippen molar-refractivity contribution in [1.29, 1.82) is 0 Å². The fourth-order valence-electron chi connectivity index (χ4n) is 7.88. The molecule has 6 nitrogen and oxygen atoms in total. The van der Waals surface area contributed by atoms with Crippen LogP contribution in [-0.4, -0.2) is 60.4 Å². The van der Waals surface area contributed by atoms with Crippen LogP contribution in [0, 0.1) is 17.3 Å². The number of rotatable bonds is 27. The van der Waals surface area contributed by atoms with Gasteiger partial charge in [0.1, 0.15) is 12.2 Å². The van der Waals surface area contributed by atoms with Crippen LogP contribution in [0.5, 0.6) is 0 Å². The first-order chi connectivity index (χ1) is 22.4. The highest BCUT2D eigenvalue weighted by atomic mass is 16.6. The summed E-state index contributed by atoms with van der Waals surface area (Å²) in [6.45, 7) is 12.2. The van der Waals surface area contributed by atoms with Gasteiger partial charge in [-0.25, -0.2) is 0 Å². The van der Waals surface area contributed by atoms with Crippen LogP contribution in [0.3, 0.4) is 0 Å². The molecule has 270 valence electrons. The molecule has 0 aromatic carbocycles. The first-order valence-corrected chi connectivity index (χ1v) is 20.2. The molecule has 4 atom stereocenters. The number of nitrogens with zero attached hydrogens (tertiary/aromatic N) is 1. The number of likely N-dealkylation sites (tertiary alicyclic amines) is 1. The number of hydrogen-bond acceptors (Lipinski definition) is 6. The highest BCUT2D eigenvalue weighted by molar-refractivity contribution is 5.73. The summed E-state index contributed by atoms with van der Waals surface area (Å²) in [5.74, 6) is -0.235. The summed E-state index contributed by atoms with van der Waals surface area (Å²) in [5.41, 5.74) is 0.0706. The molecule has 2 fully saturated rings. The minimum absolute atomic E-state index is 0.0439. The first-order valence-electron chi connectivity index (χ1n) is 20.2. The number of unbranched alkanes of at least 4 members (excludes halogenated alkanes) is 13. The number of carbonyl (C=O) groups excluding carboxylic acids is 2. The Morgan fingerprint density at radius 2 is 1.07 bits per heavy atom. The predicted molar refractivity (Wildman–Crippen MR) is 191 cm³/mol. The summed E-state index contributed by atoms with van der Waals surface area (Å²) in [6, 6.07) is 0. The van der Waals surface area contributed by atoms with E-state index in [-0.39, 0.29) is 48.0 Å². The van der Waals surface area contributed by atoms with E-state index in [0.717, 1.165) is 103 Å². The molecule has 1 aliphatic heterocycles. The molecule has 1 heterocycles. The van der Waals surface area contributed by atoms with Gasteiger partial charge in [0.05, 0.1) is 11.8 Å². The predicted octanol–water partition coefficient (Wildman–Crippen LogP) is 10.2. The number of esters is 2. The zero-order valence-electron chi connectivity index (χ0n) is 30.8. The molecule has 2 aliphatic rings. The quantitative estimate of drug-likeness (QED) is 0.0705. The summed E-state index contributed by atoms with van der Waals surface area (Å²) in [5, 5.41) is 9.21. The largest absolute Gasteiger partial charge is 0.458 e. The van der Waals surface area contributed by atoms with Gasteiger partial charge in [-0.15, -0.1) is 0 Å². The Bertz CT molecular complexity index is 780. The lowest BCUT2D eigenvalue weighted by atomic mass is 9.77. The second-order valence-electron chi connectivity index (χ2n) is 15.0. The summed E-state index contributed by atoms with van der Waals surface area (Å²) < 4.78 is 12.8. The topological polar surface area (TPSA) is 76.1 Å². The third-order valence-electron chi connectivity index (χ3n) is 11.1. The molecule has 46 heavy (non-hydrogen) atoms. The Labute approximate surface area is 284 Å². The van der Waals surface area contributed by atoms with Crippen molar-refractivity contribution in [3.8, 4) is 0 Å². The van der Waals surface area contributed by atoms with Gasteiger partial charge >= 0.3 is 11.9 Å². The minimum Gasteiger partial charge on any atom is -0.458 e. The maximum atomic E-state index is 13.9. The van der Waals surface area contributed by atoms with E-state index in [1.165, 1.54) is 77.0 Å². The van der Waals surface area contributed by atoms with Crippen LogP contribution in [0.2, 0.25) is 0 Å². The van der Waals surface area contributed by atoms with Gasteiger partial charge in [-0.3, -0.25) is 9.59 Å². The second-order valence-corrected chi connectivity index (χ2v) is 15.0. The van der Waals surface area contributed by atoms with Crippen molar-refractivity contribution in [3.63, 3.8) is 0 Å². The normalized spacial score (nSPS) is 21.0. The van der Waals surface area contributed by atoms with Crippen LogP contribution < -0.4 is 0 Å². The SMILES string of the molecule is CCCCCCCCC(CCCCCC)C(=O)O[C@@H]1CC2(CCN(CCCCO)CC2)C[C@H]1OC(=O)C(CC)CCCCCCC. The monoisotopic (exact) mass is 650 g/mol. The van der Waals surface area contributed by atoms with Crippen molar-refractivity contribution in [1.82, 2.24) is 4.90 Å². The maximum absolute atomic E-state index is 13.9. The highest BCUT2D eigenvalue weighted by Gasteiger charge is 2.50. The average molecular weight is 650 g/mol. The lowest BCUT2D eigenvalue weighted by Crippen LogP contribution is -2.40. The van der Waals surface area contributed by atoms with Crippen LogP contribution in [0.4, 0.5) is 0 Å². The van der Waals surface area contributed by atoms with E-state index in [9.17, 15) is 14.7 Å². The Morgan fingerprint density at radius 3 is 1.54 bits per heavy atom. The molecule has 0 radical (unpaired) electrons. The third kappa shape index (κ3) is 15.8. The number of aliphatic hydroxyl groups is 1. The molecule has 1 saturated heterocycles. The van der Waals surface area contributed by atoms with E-state index < -0.39 is 0 Å². The van der Waals surface area contributed by atoms with Crippen molar-refractivity contribution >= 4 is 11.9 Å². The standard InChI is InChI=1S/C40H75NO5/c1-5-9-12-15-17-20-25-35(24-18-14-11-7-3)39(44)46-37-33-40(26-29-41(30-27-40)28-21-22-31-42)32-36(37)45-38(43)34(8-4)23-19-16-13-10-6-2/h34-37,42H,5-33H2,1-4H3/t34?,35?,36-,37-/m1/s1. The van der Waals surface area contributed by atoms with Gasteiger partial charge in [0.2, 0.25) is 0 Å². The Balaban J connectivity index is 2.08. The van der Waals surface area contributed by atoms with Gasteiger partial charge in [-0.2, -0.15) is 0 Å². The fourth-order valence-corrected chi connectivity index (χ4v) is 7.88. The Morgan fingerprint density at radius 1 is 0.630 bits per heavy atom.